The maximum atomic E-state index is 4.63. The lowest BCUT2D eigenvalue weighted by molar-refractivity contribution is 1.04. The molecule has 1 N–H and O–H groups in total. The van der Waals surface area contributed by atoms with Crippen LogP contribution >= 0.6 is 0 Å². The van der Waals surface area contributed by atoms with Gasteiger partial charge in [-0.15, -0.1) is 0 Å². The number of aromatic nitrogens is 3. The summed E-state index contributed by atoms with van der Waals surface area (Å²) in [5.41, 5.74) is 6.00. The molecule has 0 amide bonds. The maximum absolute atomic E-state index is 4.63. The first-order chi connectivity index (χ1) is 12.1. The number of fused-ring (bicyclic) bond motifs is 1. The number of imidazole rings is 1. The fourth-order valence-corrected chi connectivity index (χ4v) is 2.96. The molecule has 4 nitrogen and oxygen atoms in total. The molecule has 0 saturated heterocycles. The summed E-state index contributed by atoms with van der Waals surface area (Å²) in [6.45, 7) is 6.43. The van der Waals surface area contributed by atoms with E-state index in [4.69, 9.17) is 0 Å². The van der Waals surface area contributed by atoms with E-state index >= 15 is 0 Å². The number of rotatable bonds is 3. The molecular weight excluding hydrogens is 308 g/mol. The second-order valence-corrected chi connectivity index (χ2v) is 6.38. The Morgan fingerprint density at radius 2 is 1.64 bits per heavy atom. The highest BCUT2D eigenvalue weighted by Gasteiger charge is 2.06. The third-order valence-electron chi connectivity index (χ3n) is 4.65. The van der Waals surface area contributed by atoms with Crippen LogP contribution in [0, 0.1) is 20.8 Å². The lowest BCUT2D eigenvalue weighted by Gasteiger charge is -2.09. The Labute approximate surface area is 147 Å². The minimum atomic E-state index is 0.777. The highest BCUT2D eigenvalue weighted by Crippen LogP contribution is 2.21. The number of nitrogens with one attached hydrogen (secondary N) is 1. The molecule has 25 heavy (non-hydrogen) atoms. The zero-order chi connectivity index (χ0) is 17.4. The predicted octanol–water partition coefficient (Wildman–Crippen LogP) is 5.09. The first kappa shape index (κ1) is 15.4. The zero-order valence-corrected chi connectivity index (χ0v) is 14.6. The smallest absolute Gasteiger partial charge is 0.150 e. The quantitative estimate of drug-likeness (QED) is 0.569. The number of pyridine rings is 1. The molecule has 0 radical (unpaired) electrons. The van der Waals surface area contributed by atoms with Crippen molar-refractivity contribution in [2.24, 2.45) is 0 Å². The lowest BCUT2D eigenvalue weighted by atomic mass is 10.0. The molecule has 0 spiro atoms. The van der Waals surface area contributed by atoms with Gasteiger partial charge < -0.3 is 9.88 Å². The van der Waals surface area contributed by atoms with E-state index in [9.17, 15) is 0 Å². The standard InChI is InChI=1S/C21H20N4/c1-14-10-18(11-15(2)16(14)3)25-12-21(22-13-25)24-20-9-8-17-6-4-5-7-19(17)23-20/h4-13H,1-3H3,(H,23,24). The monoisotopic (exact) mass is 328 g/mol. The molecule has 0 aliphatic carbocycles. The van der Waals surface area contributed by atoms with Gasteiger partial charge in [0.25, 0.3) is 0 Å². The van der Waals surface area contributed by atoms with Crippen molar-refractivity contribution < 1.29 is 0 Å². The van der Waals surface area contributed by atoms with Gasteiger partial charge in [0.05, 0.1) is 11.7 Å². The van der Waals surface area contributed by atoms with Crippen molar-refractivity contribution >= 4 is 22.5 Å². The van der Waals surface area contributed by atoms with Gasteiger partial charge >= 0.3 is 0 Å². The van der Waals surface area contributed by atoms with Crippen molar-refractivity contribution in [1.29, 1.82) is 0 Å². The van der Waals surface area contributed by atoms with Crippen LogP contribution in [0.2, 0.25) is 0 Å². The number of para-hydroxylation sites is 1. The molecule has 4 rings (SSSR count). The molecule has 0 atom stereocenters. The molecule has 124 valence electrons. The number of nitrogens with zero attached hydrogens (tertiary/aromatic N) is 3. The van der Waals surface area contributed by atoms with E-state index in [0.29, 0.717) is 0 Å². The molecule has 2 heterocycles. The van der Waals surface area contributed by atoms with E-state index in [1.165, 1.54) is 16.7 Å². The van der Waals surface area contributed by atoms with E-state index in [2.05, 4.69) is 60.3 Å². The Balaban J connectivity index is 1.62. The summed E-state index contributed by atoms with van der Waals surface area (Å²) in [4.78, 5) is 9.09. The molecule has 0 aliphatic heterocycles. The molecule has 0 fully saturated rings. The second kappa shape index (κ2) is 6.06. The van der Waals surface area contributed by atoms with Crippen molar-refractivity contribution in [3.05, 3.63) is 77.7 Å². The summed E-state index contributed by atoms with van der Waals surface area (Å²) < 4.78 is 2.03. The Hall–Kier alpha value is -3.14. The lowest BCUT2D eigenvalue weighted by Crippen LogP contribution is -1.96. The Morgan fingerprint density at radius 1 is 0.880 bits per heavy atom. The topological polar surface area (TPSA) is 42.7 Å². The average Bonchev–Trinajstić information content (AvgIpc) is 3.07. The predicted molar refractivity (Wildman–Crippen MR) is 103 cm³/mol. The number of hydrogen-bond acceptors (Lipinski definition) is 3. The van der Waals surface area contributed by atoms with Crippen molar-refractivity contribution in [1.82, 2.24) is 14.5 Å². The van der Waals surface area contributed by atoms with Crippen molar-refractivity contribution in [2.75, 3.05) is 5.32 Å². The molecule has 4 aromatic rings. The Morgan fingerprint density at radius 3 is 2.44 bits per heavy atom. The molecule has 4 heteroatoms. The summed E-state index contributed by atoms with van der Waals surface area (Å²) in [5.74, 6) is 1.57. The van der Waals surface area contributed by atoms with Crippen molar-refractivity contribution in [2.45, 2.75) is 20.8 Å². The van der Waals surface area contributed by atoms with E-state index < -0.39 is 0 Å². The largest absolute Gasteiger partial charge is 0.324 e. The summed E-state index contributed by atoms with van der Waals surface area (Å²) in [6, 6.07) is 16.5. The van der Waals surface area contributed by atoms with Crippen LogP contribution in [0.3, 0.4) is 0 Å². The van der Waals surface area contributed by atoms with Gasteiger partial charge in [-0.25, -0.2) is 9.97 Å². The van der Waals surface area contributed by atoms with E-state index in [1.807, 2.05) is 41.4 Å². The van der Waals surface area contributed by atoms with E-state index in [1.54, 1.807) is 0 Å². The van der Waals surface area contributed by atoms with Gasteiger partial charge in [0.15, 0.2) is 0 Å². The molecule has 2 aromatic carbocycles. The molecular formula is C21H20N4. The first-order valence-corrected chi connectivity index (χ1v) is 8.35. The van der Waals surface area contributed by atoms with Crippen LogP contribution in [0.5, 0.6) is 0 Å². The fourth-order valence-electron chi connectivity index (χ4n) is 2.96. The summed E-state index contributed by atoms with van der Waals surface area (Å²) in [5, 5.41) is 4.41. The van der Waals surface area contributed by atoms with Gasteiger partial charge in [-0.05, 0) is 67.8 Å². The van der Waals surface area contributed by atoms with Crippen molar-refractivity contribution in [3.8, 4) is 5.69 Å². The molecule has 0 bridgehead atoms. The van der Waals surface area contributed by atoms with Gasteiger partial charge in [-0.2, -0.15) is 0 Å². The fraction of sp³-hybridized carbons (Fsp3) is 0.143. The van der Waals surface area contributed by atoms with Crippen LogP contribution < -0.4 is 5.32 Å². The minimum Gasteiger partial charge on any atom is -0.324 e. The Bertz CT molecular complexity index is 1040. The summed E-state index contributed by atoms with van der Waals surface area (Å²) in [6.07, 6.45) is 3.81. The number of anilines is 2. The van der Waals surface area contributed by atoms with Gasteiger partial charge in [-0.3, -0.25) is 0 Å². The number of aryl methyl sites for hydroxylation is 2. The minimum absolute atomic E-state index is 0.777. The highest BCUT2D eigenvalue weighted by molar-refractivity contribution is 5.80. The van der Waals surface area contributed by atoms with Crippen LogP contribution in [0.25, 0.3) is 16.6 Å². The summed E-state index contributed by atoms with van der Waals surface area (Å²) in [7, 11) is 0. The maximum Gasteiger partial charge on any atom is 0.150 e. The van der Waals surface area contributed by atoms with Gasteiger partial charge in [-0.1, -0.05) is 18.2 Å². The molecule has 0 aliphatic rings. The third kappa shape index (κ3) is 2.98. The van der Waals surface area contributed by atoms with E-state index in [0.717, 1.165) is 28.2 Å². The molecule has 0 unspecified atom stereocenters. The summed E-state index contributed by atoms with van der Waals surface area (Å²) >= 11 is 0. The number of benzene rings is 2. The third-order valence-corrected chi connectivity index (χ3v) is 4.65. The van der Waals surface area contributed by atoms with Gasteiger partial charge in [0.1, 0.15) is 18.0 Å². The van der Waals surface area contributed by atoms with Crippen LogP contribution in [0.15, 0.2) is 61.1 Å². The molecule has 0 saturated carbocycles. The number of hydrogen-bond donors (Lipinski definition) is 1. The second-order valence-electron chi connectivity index (χ2n) is 6.38. The van der Waals surface area contributed by atoms with Gasteiger partial charge in [0, 0.05) is 11.1 Å². The first-order valence-electron chi connectivity index (χ1n) is 8.35. The van der Waals surface area contributed by atoms with Gasteiger partial charge in [0.2, 0.25) is 0 Å². The van der Waals surface area contributed by atoms with E-state index in [-0.39, 0.29) is 0 Å². The van der Waals surface area contributed by atoms with Crippen LogP contribution in [0.4, 0.5) is 11.6 Å². The normalized spacial score (nSPS) is 11.0. The van der Waals surface area contributed by atoms with Crippen molar-refractivity contribution in [3.63, 3.8) is 0 Å². The average molecular weight is 328 g/mol. The van der Waals surface area contributed by atoms with Crippen LogP contribution in [-0.2, 0) is 0 Å². The van der Waals surface area contributed by atoms with Crippen LogP contribution in [-0.4, -0.2) is 14.5 Å². The highest BCUT2D eigenvalue weighted by atomic mass is 15.1. The zero-order valence-electron chi connectivity index (χ0n) is 14.6. The SMILES string of the molecule is Cc1cc(-n2cnc(Nc3ccc4ccccc4n3)c2)cc(C)c1C. The Kier molecular flexibility index (Phi) is 3.73. The van der Waals surface area contributed by atoms with Crippen LogP contribution in [0.1, 0.15) is 16.7 Å². The molecule has 2 aromatic heterocycles.